The number of nitrogens with one attached hydrogen (secondary N) is 3. The molecule has 9 nitrogen and oxygen atoms in total. The van der Waals surface area contributed by atoms with E-state index in [1.54, 1.807) is 32.3 Å². The number of aliphatic imine (C=N–C) groups is 1. The summed E-state index contributed by atoms with van der Waals surface area (Å²) in [4.78, 5) is 18.8. The molecule has 0 aliphatic carbocycles. The van der Waals surface area contributed by atoms with Crippen LogP contribution in [0.1, 0.15) is 5.82 Å². The summed E-state index contributed by atoms with van der Waals surface area (Å²) in [6.07, 6.45) is 3.36. The maximum absolute atomic E-state index is 12.5. The van der Waals surface area contributed by atoms with Crippen LogP contribution in [0, 0.1) is 5.82 Å². The van der Waals surface area contributed by atoms with Gasteiger partial charge in [0, 0.05) is 67.6 Å². The van der Waals surface area contributed by atoms with Crippen LogP contribution in [-0.2, 0) is 6.18 Å². The Kier molecular flexibility index (Phi) is 10.2. The summed E-state index contributed by atoms with van der Waals surface area (Å²) in [6.45, 7) is 7.21. The highest BCUT2D eigenvalue weighted by Gasteiger charge is 2.34. The first-order valence-electron chi connectivity index (χ1n) is 10.5. The maximum Gasteiger partial charge on any atom is 0.451 e. The Bertz CT molecular complexity index is 1250. The van der Waals surface area contributed by atoms with Gasteiger partial charge in [0.05, 0.1) is 5.70 Å². The van der Waals surface area contributed by atoms with Gasteiger partial charge in [-0.15, -0.1) is 0 Å². The fourth-order valence-electron chi connectivity index (χ4n) is 2.61. The van der Waals surface area contributed by atoms with Gasteiger partial charge in [-0.2, -0.15) is 18.2 Å². The van der Waals surface area contributed by atoms with Crippen molar-refractivity contribution in [3.05, 3.63) is 91.3 Å². The fraction of sp³-hybridized carbons (Fsp3) is 0.125. The minimum absolute atomic E-state index is 0.234. The van der Waals surface area contributed by atoms with E-state index in [-0.39, 0.29) is 11.8 Å². The molecule has 2 aromatic heterocycles. The minimum atomic E-state index is -4.60. The lowest BCUT2D eigenvalue weighted by atomic mass is 10.1. The number of halogens is 4. The number of hydrogen-bond acceptors (Lipinski definition) is 9. The second-order valence-electron chi connectivity index (χ2n) is 6.99. The number of nitrogens with two attached hydrogens (primary N) is 1. The van der Waals surface area contributed by atoms with Crippen molar-refractivity contribution in [1.29, 1.82) is 0 Å². The van der Waals surface area contributed by atoms with Crippen LogP contribution in [0.3, 0.4) is 0 Å². The number of rotatable bonds is 8. The lowest BCUT2D eigenvalue weighted by Crippen LogP contribution is -2.11. The van der Waals surface area contributed by atoms with E-state index < -0.39 is 12.0 Å². The van der Waals surface area contributed by atoms with Crippen molar-refractivity contribution in [3.8, 4) is 11.1 Å². The lowest BCUT2D eigenvalue weighted by Gasteiger charge is -2.11. The smallest absolute Gasteiger partial charge is 0.403 e. The van der Waals surface area contributed by atoms with Gasteiger partial charge >= 0.3 is 6.18 Å². The Morgan fingerprint density at radius 3 is 2.22 bits per heavy atom. The number of aromatic nitrogens is 4. The maximum atomic E-state index is 12.5. The highest BCUT2D eigenvalue weighted by Crippen LogP contribution is 2.29. The molecule has 0 aliphatic rings. The summed E-state index contributed by atoms with van der Waals surface area (Å²) in [5.74, 6) is -0.842. The predicted molar refractivity (Wildman–Crippen MR) is 137 cm³/mol. The Balaban J connectivity index is 0.000000335. The highest BCUT2D eigenvalue weighted by molar-refractivity contribution is 5.82. The second-order valence-corrected chi connectivity index (χ2v) is 6.99. The van der Waals surface area contributed by atoms with Gasteiger partial charge in [-0.25, -0.2) is 19.3 Å². The molecular weight excluding hydrogens is 490 g/mol. The third kappa shape index (κ3) is 8.72. The zero-order chi connectivity index (χ0) is 27.4. The average molecular weight is 516 g/mol. The van der Waals surface area contributed by atoms with Crippen molar-refractivity contribution in [2.45, 2.75) is 6.18 Å². The van der Waals surface area contributed by atoms with Crippen molar-refractivity contribution in [1.82, 2.24) is 19.9 Å². The van der Waals surface area contributed by atoms with Crippen molar-refractivity contribution in [2.75, 3.05) is 30.0 Å². The van der Waals surface area contributed by atoms with Gasteiger partial charge in [-0.1, -0.05) is 13.2 Å². The molecule has 37 heavy (non-hydrogen) atoms. The van der Waals surface area contributed by atoms with E-state index in [4.69, 9.17) is 5.73 Å². The van der Waals surface area contributed by atoms with Gasteiger partial charge < -0.3 is 21.7 Å². The fourth-order valence-corrected chi connectivity index (χ4v) is 2.61. The minimum Gasteiger partial charge on any atom is -0.403 e. The molecule has 0 aliphatic heterocycles. The number of nitrogens with zero attached hydrogens (tertiary/aromatic N) is 5. The Morgan fingerprint density at radius 1 is 1.05 bits per heavy atom. The van der Waals surface area contributed by atoms with Gasteiger partial charge in [0.15, 0.2) is 0 Å². The zero-order valence-corrected chi connectivity index (χ0v) is 20.0. The normalized spacial score (nSPS) is 11.4. The highest BCUT2D eigenvalue weighted by atomic mass is 19.4. The SMILES string of the molecule is C=CC(=C)Nc1ccc(F)cc1.CN=C/C(=C\N)Nc1ncc(-c2cnc(C(F)(F)F)nc2)c(NC)n1. The Labute approximate surface area is 211 Å². The predicted octanol–water partition coefficient (Wildman–Crippen LogP) is 4.84. The molecular formula is C24H25F4N9. The zero-order valence-electron chi connectivity index (χ0n) is 20.0. The van der Waals surface area contributed by atoms with Gasteiger partial charge in [0.1, 0.15) is 11.6 Å². The van der Waals surface area contributed by atoms with Crippen molar-refractivity contribution < 1.29 is 17.6 Å². The molecule has 0 fully saturated rings. The molecule has 2 heterocycles. The average Bonchev–Trinajstić information content (AvgIpc) is 2.89. The number of benzene rings is 1. The van der Waals surface area contributed by atoms with E-state index in [0.29, 0.717) is 28.3 Å². The number of allylic oxidation sites excluding steroid dienone is 2. The van der Waals surface area contributed by atoms with Crippen molar-refractivity contribution in [2.24, 2.45) is 10.7 Å². The largest absolute Gasteiger partial charge is 0.451 e. The molecule has 13 heteroatoms. The molecule has 3 aromatic rings. The molecule has 0 spiro atoms. The van der Waals surface area contributed by atoms with E-state index in [2.05, 4.69) is 54.0 Å². The molecule has 0 saturated heterocycles. The summed E-state index contributed by atoms with van der Waals surface area (Å²) in [7, 11) is 3.20. The molecule has 194 valence electrons. The first-order chi connectivity index (χ1) is 17.6. The molecule has 0 amide bonds. The summed E-state index contributed by atoms with van der Waals surface area (Å²) in [6, 6.07) is 6.06. The van der Waals surface area contributed by atoms with Gasteiger partial charge in [-0.05, 0) is 30.3 Å². The van der Waals surface area contributed by atoms with Crippen LogP contribution in [0.2, 0.25) is 0 Å². The standard InChI is InChI=1S/C14H15F3N8.C10H10FN/c1-19-6-9(3-18)24-13-23-7-10(11(20-2)25-13)8-4-21-12(22-5-8)14(15,16)17;1-3-8(2)12-10-6-4-9(11)5-7-10/h3-7H,18H2,1-2H3,(H2,20,23,24,25);3-7,12H,1-2H2/b9-3+,19-6?;. The van der Waals surface area contributed by atoms with Crippen LogP contribution in [0.15, 0.2) is 84.7 Å². The number of hydrogen-bond donors (Lipinski definition) is 4. The molecule has 3 rings (SSSR count). The van der Waals surface area contributed by atoms with Crippen LogP contribution < -0.4 is 21.7 Å². The van der Waals surface area contributed by atoms with E-state index in [1.165, 1.54) is 30.7 Å². The van der Waals surface area contributed by atoms with Crippen molar-refractivity contribution in [3.63, 3.8) is 0 Å². The van der Waals surface area contributed by atoms with Crippen LogP contribution >= 0.6 is 0 Å². The monoisotopic (exact) mass is 515 g/mol. The number of anilines is 3. The van der Waals surface area contributed by atoms with Crippen LogP contribution in [-0.4, -0.2) is 40.2 Å². The van der Waals surface area contributed by atoms with E-state index in [9.17, 15) is 17.6 Å². The van der Waals surface area contributed by atoms with Crippen molar-refractivity contribution >= 4 is 23.7 Å². The summed E-state index contributed by atoms with van der Waals surface area (Å²) >= 11 is 0. The molecule has 0 saturated carbocycles. The molecule has 1 aromatic carbocycles. The lowest BCUT2D eigenvalue weighted by molar-refractivity contribution is -0.144. The van der Waals surface area contributed by atoms with Gasteiger partial charge in [0.2, 0.25) is 11.8 Å². The molecule has 0 radical (unpaired) electrons. The van der Waals surface area contributed by atoms with Crippen LogP contribution in [0.5, 0.6) is 0 Å². The topological polar surface area (TPSA) is 126 Å². The van der Waals surface area contributed by atoms with Crippen LogP contribution in [0.25, 0.3) is 11.1 Å². The quantitative estimate of drug-likeness (QED) is 0.191. The second kappa shape index (κ2) is 13.3. The van der Waals surface area contributed by atoms with E-state index in [0.717, 1.165) is 18.1 Å². The molecule has 5 N–H and O–H groups in total. The summed E-state index contributed by atoms with van der Waals surface area (Å²) in [5, 5.41) is 8.65. The molecule has 0 bridgehead atoms. The first-order valence-corrected chi connectivity index (χ1v) is 10.5. The van der Waals surface area contributed by atoms with Gasteiger partial charge in [-0.3, -0.25) is 4.99 Å². The van der Waals surface area contributed by atoms with Crippen LogP contribution in [0.4, 0.5) is 35.0 Å². The van der Waals surface area contributed by atoms with E-state index in [1.807, 2.05) is 0 Å². The molecule has 0 unspecified atom stereocenters. The van der Waals surface area contributed by atoms with E-state index >= 15 is 0 Å². The van der Waals surface area contributed by atoms with Gasteiger partial charge in [0.25, 0.3) is 0 Å². The third-order valence-corrected chi connectivity index (χ3v) is 4.34. The Hall–Kier alpha value is -4.81. The molecule has 0 atom stereocenters. The first kappa shape index (κ1) is 28.4. The Morgan fingerprint density at radius 2 is 1.70 bits per heavy atom. The summed E-state index contributed by atoms with van der Waals surface area (Å²) < 4.78 is 50.1. The summed E-state index contributed by atoms with van der Waals surface area (Å²) in [5.41, 5.74) is 8.23. The number of alkyl halides is 3. The third-order valence-electron chi connectivity index (χ3n) is 4.34.